The molecule has 0 aliphatic heterocycles. The maximum Gasteiger partial charge on any atom is 0.256 e. The molecule has 32 heavy (non-hydrogen) atoms. The summed E-state index contributed by atoms with van der Waals surface area (Å²) in [4.78, 5) is 39.1. The second-order valence-corrected chi connectivity index (χ2v) is 9.11. The number of phenolic OH excluding ortho intramolecular Hbond substituents is 1. The summed E-state index contributed by atoms with van der Waals surface area (Å²) in [6.07, 6.45) is -0.179. The van der Waals surface area contributed by atoms with Crippen LogP contribution in [-0.4, -0.2) is 68.7 Å². The molecule has 1 amide bonds. The first kappa shape index (κ1) is 22.0. The Bertz CT molecular complexity index is 1150. The highest BCUT2D eigenvalue weighted by atomic mass is 16.3. The number of nitrogens with one attached hydrogen (secondary N) is 1. The van der Waals surface area contributed by atoms with Gasteiger partial charge in [-0.3, -0.25) is 14.4 Å². The van der Waals surface area contributed by atoms with Crippen LogP contribution >= 0.6 is 0 Å². The Labute approximate surface area is 182 Å². The molecular formula is C22H25N2O8+. The van der Waals surface area contributed by atoms with Gasteiger partial charge in [-0.05, 0) is 25.0 Å². The molecule has 8 N–H and O–H groups in total. The van der Waals surface area contributed by atoms with Crippen molar-refractivity contribution in [3.63, 3.8) is 0 Å². The quantitative estimate of drug-likeness (QED) is 0.260. The molecule has 5 atom stereocenters. The summed E-state index contributed by atoms with van der Waals surface area (Å²) in [6.45, 7) is 1.41. The second-order valence-electron chi connectivity index (χ2n) is 9.11. The summed E-state index contributed by atoms with van der Waals surface area (Å²) in [7, 11) is 3.17. The molecule has 10 nitrogen and oxygen atoms in total. The number of aromatic hydroxyl groups is 1. The lowest BCUT2D eigenvalue weighted by Crippen LogP contribution is -3.13. The fraction of sp³-hybridized carbons (Fsp3) is 0.409. The van der Waals surface area contributed by atoms with E-state index >= 15 is 0 Å². The van der Waals surface area contributed by atoms with Gasteiger partial charge in [-0.1, -0.05) is 12.1 Å². The van der Waals surface area contributed by atoms with E-state index in [0.29, 0.717) is 4.90 Å². The van der Waals surface area contributed by atoms with Crippen molar-refractivity contribution in [1.29, 1.82) is 0 Å². The van der Waals surface area contributed by atoms with Crippen LogP contribution in [0.2, 0.25) is 0 Å². The van der Waals surface area contributed by atoms with Gasteiger partial charge in [0.25, 0.3) is 5.91 Å². The van der Waals surface area contributed by atoms with Crippen LogP contribution in [0.3, 0.4) is 0 Å². The number of phenols is 1. The summed E-state index contributed by atoms with van der Waals surface area (Å²) >= 11 is 0. The van der Waals surface area contributed by atoms with Crippen LogP contribution in [0.4, 0.5) is 0 Å². The van der Waals surface area contributed by atoms with E-state index in [2.05, 4.69) is 0 Å². The Morgan fingerprint density at radius 1 is 1.16 bits per heavy atom. The zero-order valence-corrected chi connectivity index (χ0v) is 17.7. The maximum absolute atomic E-state index is 13.7. The topological polar surface area (TPSA) is 183 Å². The smallest absolute Gasteiger partial charge is 0.256 e. The molecule has 1 aromatic rings. The van der Waals surface area contributed by atoms with Crippen LogP contribution in [0.1, 0.15) is 24.5 Å². The number of nitrogens with two attached hydrogens (primary N) is 1. The third-order valence-electron chi connectivity index (χ3n) is 7.12. The van der Waals surface area contributed by atoms with Crippen molar-refractivity contribution in [3.05, 3.63) is 46.2 Å². The number of primary amides is 1. The summed E-state index contributed by atoms with van der Waals surface area (Å²) in [5.74, 6) is -7.76. The van der Waals surface area contributed by atoms with Gasteiger partial charge in [0.2, 0.25) is 11.6 Å². The molecule has 0 radical (unpaired) electrons. The normalized spacial score (nSPS) is 34.4. The predicted octanol–water partition coefficient (Wildman–Crippen LogP) is -1.79. The lowest BCUT2D eigenvalue weighted by molar-refractivity contribution is -0.880. The van der Waals surface area contributed by atoms with E-state index in [4.69, 9.17) is 5.73 Å². The monoisotopic (exact) mass is 445 g/mol. The molecule has 10 heteroatoms. The summed E-state index contributed by atoms with van der Waals surface area (Å²) in [5.41, 5.74) is -0.466. The lowest BCUT2D eigenvalue weighted by Gasteiger charge is -2.51. The summed E-state index contributed by atoms with van der Waals surface area (Å²) < 4.78 is 0. The number of rotatable bonds is 2. The van der Waals surface area contributed by atoms with Gasteiger partial charge in [0.05, 0.1) is 31.2 Å². The number of benzene rings is 1. The number of quaternary nitrogens is 1. The summed E-state index contributed by atoms with van der Waals surface area (Å²) in [5, 5.41) is 54.9. The van der Waals surface area contributed by atoms with E-state index in [0.717, 1.165) is 0 Å². The van der Waals surface area contributed by atoms with Gasteiger partial charge in [0.15, 0.2) is 11.6 Å². The minimum atomic E-state index is -2.72. The first-order valence-corrected chi connectivity index (χ1v) is 10.1. The van der Waals surface area contributed by atoms with Crippen LogP contribution in [0, 0.1) is 11.8 Å². The van der Waals surface area contributed by atoms with Crippen molar-refractivity contribution in [2.24, 2.45) is 17.6 Å². The third-order valence-corrected chi connectivity index (χ3v) is 7.12. The average Bonchev–Trinajstić information content (AvgIpc) is 2.68. The highest BCUT2D eigenvalue weighted by Gasteiger charge is 2.67. The number of aliphatic hydroxyl groups excluding tert-OH is 2. The molecule has 4 rings (SSSR count). The first-order chi connectivity index (χ1) is 14.8. The molecule has 0 unspecified atom stereocenters. The fourth-order valence-corrected chi connectivity index (χ4v) is 5.60. The largest absolute Gasteiger partial charge is 0.508 e. The molecule has 0 saturated heterocycles. The summed E-state index contributed by atoms with van der Waals surface area (Å²) in [6, 6.07) is 3.11. The molecule has 0 spiro atoms. The molecule has 1 saturated carbocycles. The van der Waals surface area contributed by atoms with Crippen molar-refractivity contribution in [1.82, 2.24) is 0 Å². The number of aliphatic hydroxyl groups is 4. The van der Waals surface area contributed by atoms with Gasteiger partial charge in [0, 0.05) is 11.5 Å². The molecule has 3 aliphatic carbocycles. The van der Waals surface area contributed by atoms with Gasteiger partial charge in [-0.15, -0.1) is 0 Å². The van der Waals surface area contributed by atoms with Crippen molar-refractivity contribution in [2.45, 2.75) is 30.6 Å². The zero-order valence-electron chi connectivity index (χ0n) is 17.7. The van der Waals surface area contributed by atoms with E-state index in [1.54, 1.807) is 14.1 Å². The number of hydrogen-bond donors (Lipinski definition) is 7. The second kappa shape index (κ2) is 6.64. The molecule has 1 aromatic carbocycles. The van der Waals surface area contributed by atoms with Gasteiger partial charge < -0.3 is 36.2 Å². The average molecular weight is 445 g/mol. The molecule has 1 fully saturated rings. The Balaban J connectivity index is 2.05. The predicted molar refractivity (Wildman–Crippen MR) is 109 cm³/mol. The van der Waals surface area contributed by atoms with Crippen molar-refractivity contribution < 1.29 is 44.8 Å². The lowest BCUT2D eigenvalue weighted by atomic mass is 9.54. The van der Waals surface area contributed by atoms with E-state index in [1.807, 2.05) is 0 Å². The molecule has 3 aliphatic rings. The Kier molecular flexibility index (Phi) is 4.57. The van der Waals surface area contributed by atoms with E-state index < -0.39 is 69.2 Å². The van der Waals surface area contributed by atoms with Crippen LogP contribution < -0.4 is 10.6 Å². The van der Waals surface area contributed by atoms with Gasteiger partial charge >= 0.3 is 0 Å². The minimum Gasteiger partial charge on any atom is -0.508 e. The van der Waals surface area contributed by atoms with Gasteiger partial charge in [-0.2, -0.15) is 0 Å². The van der Waals surface area contributed by atoms with E-state index in [1.165, 1.54) is 25.1 Å². The molecule has 0 heterocycles. The first-order valence-electron chi connectivity index (χ1n) is 10.1. The number of ketones is 2. The Hall–Kier alpha value is -3.21. The number of carbonyl (C=O) groups excluding carboxylic acids is 3. The highest BCUT2D eigenvalue weighted by Crippen LogP contribution is 2.56. The number of fused-ring (bicyclic) bond motifs is 3. The number of hydrogen-bond acceptors (Lipinski definition) is 8. The van der Waals surface area contributed by atoms with Gasteiger partial charge in [-0.25, -0.2) is 0 Å². The molecule has 0 aromatic heterocycles. The van der Waals surface area contributed by atoms with E-state index in [9.17, 15) is 39.9 Å². The highest BCUT2D eigenvalue weighted by molar-refractivity contribution is 6.24. The Morgan fingerprint density at radius 3 is 2.34 bits per heavy atom. The Morgan fingerprint density at radius 2 is 1.78 bits per heavy atom. The number of likely N-dealkylation sites (N-methyl/N-ethyl adjacent to an activating group) is 1. The zero-order chi connectivity index (χ0) is 23.9. The van der Waals surface area contributed by atoms with Crippen molar-refractivity contribution in [3.8, 4) is 5.75 Å². The van der Waals surface area contributed by atoms with Crippen LogP contribution in [0.25, 0.3) is 5.76 Å². The van der Waals surface area contributed by atoms with Crippen molar-refractivity contribution in [2.75, 3.05) is 14.1 Å². The molecule has 170 valence electrons. The maximum atomic E-state index is 13.7. The fourth-order valence-electron chi connectivity index (χ4n) is 5.60. The van der Waals surface area contributed by atoms with Crippen molar-refractivity contribution >= 4 is 23.2 Å². The molecule has 0 bridgehead atoms. The standard InChI is InChI=1S/C22H24N2O8/c1-21(31)8-5-4-6-11(25)12(8)16(26)13-9(21)7-10-15(24(2)3)17(27)14(20(23)30)19(29)22(10,32)18(13)28/h4-6,9-10,15,25-26,29,31-32H,7H2,1-3H3,(H2,23,30)/p+1/t9-,10+,15-,21+,22+/m1/s1. The van der Waals surface area contributed by atoms with Crippen LogP contribution in [-0.2, 0) is 20.0 Å². The minimum absolute atomic E-state index is 0.167. The van der Waals surface area contributed by atoms with Gasteiger partial charge in [0.1, 0.15) is 22.8 Å². The van der Waals surface area contributed by atoms with Crippen LogP contribution in [0.15, 0.2) is 35.1 Å². The number of amides is 1. The molecular weight excluding hydrogens is 420 g/mol. The third kappa shape index (κ3) is 2.48. The van der Waals surface area contributed by atoms with Crippen LogP contribution in [0.5, 0.6) is 5.75 Å². The number of Topliss-reactive ketones (excluding diaryl/α,β-unsaturated/α-hetero) is 2. The SMILES string of the molecule is C[NH+](C)[C@H]1C(=O)C(C(N)=O)=C(O)[C@@]2(O)C(=O)C3=C(O)c4c(O)cccc4[C@](C)(O)[C@@H]3C[C@@H]12. The number of carbonyl (C=O) groups is 3. The van der Waals surface area contributed by atoms with E-state index in [-0.39, 0.29) is 23.3 Å².